The van der Waals surface area contributed by atoms with Crippen LogP contribution in [0.1, 0.15) is 10.4 Å². The molecular formula is C14H9FN2O. The number of benzene rings is 1. The van der Waals surface area contributed by atoms with E-state index in [-0.39, 0.29) is 5.82 Å². The normalized spacial score (nSPS) is 10.7. The van der Waals surface area contributed by atoms with Crippen LogP contribution in [0.2, 0.25) is 0 Å². The Morgan fingerprint density at radius 1 is 1.11 bits per heavy atom. The number of hydrogen-bond donors (Lipinski definition) is 0. The lowest BCUT2D eigenvalue weighted by atomic mass is 10.1. The van der Waals surface area contributed by atoms with Gasteiger partial charge in [-0.25, -0.2) is 9.37 Å². The second kappa shape index (κ2) is 4.07. The number of fused-ring (bicyclic) bond motifs is 1. The maximum atomic E-state index is 13.6. The number of halogens is 1. The summed E-state index contributed by atoms with van der Waals surface area (Å²) in [5, 5.41) is 0. The molecule has 0 spiro atoms. The molecule has 3 aromatic rings. The molecule has 3 rings (SSSR count). The molecule has 0 saturated carbocycles. The Hall–Kier alpha value is -2.49. The van der Waals surface area contributed by atoms with Gasteiger partial charge in [-0.15, -0.1) is 0 Å². The second-order valence-corrected chi connectivity index (χ2v) is 3.95. The summed E-state index contributed by atoms with van der Waals surface area (Å²) in [5.74, 6) is -0.309. The molecule has 18 heavy (non-hydrogen) atoms. The molecule has 0 atom stereocenters. The summed E-state index contributed by atoms with van der Waals surface area (Å²) in [4.78, 5) is 15.0. The molecule has 0 aliphatic rings. The van der Waals surface area contributed by atoms with E-state index < -0.39 is 0 Å². The SMILES string of the molecule is O=Cc1ccc2nc(-c3ccccc3F)cn2c1. The number of aldehydes is 1. The average molecular weight is 240 g/mol. The Bertz CT molecular complexity index is 733. The summed E-state index contributed by atoms with van der Waals surface area (Å²) in [5.41, 5.74) is 2.24. The van der Waals surface area contributed by atoms with Crippen molar-refractivity contribution in [2.45, 2.75) is 0 Å². The van der Waals surface area contributed by atoms with Crippen molar-refractivity contribution in [3.63, 3.8) is 0 Å². The predicted molar refractivity (Wildman–Crippen MR) is 66.0 cm³/mol. The molecule has 3 nitrogen and oxygen atoms in total. The van der Waals surface area contributed by atoms with Crippen LogP contribution in [0.3, 0.4) is 0 Å². The lowest BCUT2D eigenvalue weighted by molar-refractivity contribution is 0.112. The monoisotopic (exact) mass is 240 g/mol. The first-order valence-electron chi connectivity index (χ1n) is 5.47. The topological polar surface area (TPSA) is 34.4 Å². The van der Waals surface area contributed by atoms with Gasteiger partial charge < -0.3 is 4.40 Å². The third kappa shape index (κ3) is 1.68. The van der Waals surface area contributed by atoms with Crippen LogP contribution in [0.15, 0.2) is 48.8 Å². The summed E-state index contributed by atoms with van der Waals surface area (Å²) in [6, 6.07) is 9.89. The Morgan fingerprint density at radius 2 is 1.94 bits per heavy atom. The van der Waals surface area contributed by atoms with Crippen LogP contribution in [-0.2, 0) is 0 Å². The van der Waals surface area contributed by atoms with Gasteiger partial charge in [0.15, 0.2) is 6.29 Å². The van der Waals surface area contributed by atoms with E-state index in [1.807, 2.05) is 0 Å². The Morgan fingerprint density at radius 3 is 2.72 bits per heavy atom. The molecule has 2 heterocycles. The molecule has 1 aromatic carbocycles. The molecular weight excluding hydrogens is 231 g/mol. The quantitative estimate of drug-likeness (QED) is 0.645. The highest BCUT2D eigenvalue weighted by atomic mass is 19.1. The minimum atomic E-state index is -0.309. The maximum absolute atomic E-state index is 13.6. The number of pyridine rings is 1. The average Bonchev–Trinajstić information content (AvgIpc) is 2.81. The number of carbonyl (C=O) groups excluding carboxylic acids is 1. The highest BCUT2D eigenvalue weighted by Gasteiger charge is 2.08. The number of aromatic nitrogens is 2. The zero-order valence-electron chi connectivity index (χ0n) is 9.38. The molecule has 0 bridgehead atoms. The molecule has 0 saturated heterocycles. The largest absolute Gasteiger partial charge is 0.306 e. The van der Waals surface area contributed by atoms with Crippen LogP contribution < -0.4 is 0 Å². The van der Waals surface area contributed by atoms with Gasteiger partial charge in [-0.05, 0) is 24.3 Å². The van der Waals surface area contributed by atoms with E-state index in [4.69, 9.17) is 0 Å². The van der Waals surface area contributed by atoms with E-state index in [0.717, 1.165) is 6.29 Å². The Balaban J connectivity index is 2.19. The lowest BCUT2D eigenvalue weighted by Gasteiger charge is -1.96. The van der Waals surface area contributed by atoms with Gasteiger partial charge in [-0.3, -0.25) is 4.79 Å². The van der Waals surface area contributed by atoms with E-state index in [1.165, 1.54) is 6.07 Å². The minimum Gasteiger partial charge on any atom is -0.306 e. The van der Waals surface area contributed by atoms with Gasteiger partial charge >= 0.3 is 0 Å². The number of hydrogen-bond acceptors (Lipinski definition) is 2. The number of carbonyl (C=O) groups is 1. The number of nitrogens with zero attached hydrogens (tertiary/aromatic N) is 2. The van der Waals surface area contributed by atoms with Crippen LogP contribution in [0, 0.1) is 5.82 Å². The van der Waals surface area contributed by atoms with E-state index in [0.29, 0.717) is 22.5 Å². The molecule has 0 aliphatic heterocycles. The van der Waals surface area contributed by atoms with E-state index in [9.17, 15) is 9.18 Å². The third-order valence-corrected chi connectivity index (χ3v) is 2.76. The second-order valence-electron chi connectivity index (χ2n) is 3.95. The molecule has 0 unspecified atom stereocenters. The Labute approximate surface area is 103 Å². The third-order valence-electron chi connectivity index (χ3n) is 2.76. The molecule has 0 radical (unpaired) electrons. The summed E-state index contributed by atoms with van der Waals surface area (Å²) in [6.07, 6.45) is 4.14. The predicted octanol–water partition coefficient (Wildman–Crippen LogP) is 2.95. The van der Waals surface area contributed by atoms with Gasteiger partial charge in [-0.2, -0.15) is 0 Å². The number of rotatable bonds is 2. The fourth-order valence-electron chi connectivity index (χ4n) is 1.88. The first-order valence-corrected chi connectivity index (χ1v) is 5.47. The van der Waals surface area contributed by atoms with Crippen molar-refractivity contribution in [3.8, 4) is 11.3 Å². The summed E-state index contributed by atoms with van der Waals surface area (Å²) < 4.78 is 15.4. The molecule has 0 aliphatic carbocycles. The fourth-order valence-corrected chi connectivity index (χ4v) is 1.88. The van der Waals surface area contributed by atoms with Crippen LogP contribution >= 0.6 is 0 Å². The van der Waals surface area contributed by atoms with Crippen LogP contribution in [0.4, 0.5) is 4.39 Å². The summed E-state index contributed by atoms with van der Waals surface area (Å²) >= 11 is 0. The van der Waals surface area contributed by atoms with Gasteiger partial charge in [0, 0.05) is 23.5 Å². The van der Waals surface area contributed by atoms with Crippen molar-refractivity contribution in [1.82, 2.24) is 9.38 Å². The van der Waals surface area contributed by atoms with Crippen molar-refractivity contribution >= 4 is 11.9 Å². The van der Waals surface area contributed by atoms with Gasteiger partial charge in [0.1, 0.15) is 11.5 Å². The molecule has 0 amide bonds. The Kier molecular flexibility index (Phi) is 2.41. The van der Waals surface area contributed by atoms with Gasteiger partial charge in [0.05, 0.1) is 5.69 Å². The van der Waals surface area contributed by atoms with Gasteiger partial charge in [0.2, 0.25) is 0 Å². The highest BCUT2D eigenvalue weighted by molar-refractivity contribution is 5.75. The molecule has 4 heteroatoms. The molecule has 0 N–H and O–H groups in total. The smallest absolute Gasteiger partial charge is 0.151 e. The van der Waals surface area contributed by atoms with E-state index in [1.54, 1.807) is 47.1 Å². The van der Waals surface area contributed by atoms with Crippen LogP contribution in [-0.4, -0.2) is 15.7 Å². The van der Waals surface area contributed by atoms with E-state index in [2.05, 4.69) is 4.98 Å². The van der Waals surface area contributed by atoms with Gasteiger partial charge in [-0.1, -0.05) is 12.1 Å². The lowest BCUT2D eigenvalue weighted by Crippen LogP contribution is -1.86. The van der Waals surface area contributed by atoms with Crippen LogP contribution in [0.25, 0.3) is 16.9 Å². The maximum Gasteiger partial charge on any atom is 0.151 e. The molecule has 0 fully saturated rings. The van der Waals surface area contributed by atoms with Crippen molar-refractivity contribution in [1.29, 1.82) is 0 Å². The highest BCUT2D eigenvalue weighted by Crippen LogP contribution is 2.22. The summed E-state index contributed by atoms with van der Waals surface area (Å²) in [7, 11) is 0. The minimum absolute atomic E-state index is 0.309. The zero-order chi connectivity index (χ0) is 12.5. The fraction of sp³-hybridized carbons (Fsp3) is 0. The zero-order valence-corrected chi connectivity index (χ0v) is 9.38. The van der Waals surface area contributed by atoms with Gasteiger partial charge in [0.25, 0.3) is 0 Å². The number of imidazole rings is 1. The summed E-state index contributed by atoms with van der Waals surface area (Å²) in [6.45, 7) is 0. The van der Waals surface area contributed by atoms with Crippen molar-refractivity contribution in [3.05, 3.63) is 60.2 Å². The van der Waals surface area contributed by atoms with Crippen molar-refractivity contribution in [2.24, 2.45) is 0 Å². The first-order chi connectivity index (χ1) is 8.78. The van der Waals surface area contributed by atoms with Crippen LogP contribution in [0.5, 0.6) is 0 Å². The standard InChI is InChI=1S/C14H9FN2O/c15-12-4-2-1-3-11(12)13-8-17-7-10(9-18)5-6-14(17)16-13/h1-9H. The molecule has 88 valence electrons. The van der Waals surface area contributed by atoms with Crippen molar-refractivity contribution in [2.75, 3.05) is 0 Å². The molecule has 2 aromatic heterocycles. The first kappa shape index (κ1) is 10.7. The van der Waals surface area contributed by atoms with Crippen molar-refractivity contribution < 1.29 is 9.18 Å². The van der Waals surface area contributed by atoms with E-state index >= 15 is 0 Å².